The first-order valence-electron chi connectivity index (χ1n) is 4.29. The van der Waals surface area contributed by atoms with E-state index in [4.69, 9.17) is 9.52 Å². The van der Waals surface area contributed by atoms with E-state index in [2.05, 4.69) is 4.98 Å². The summed E-state index contributed by atoms with van der Waals surface area (Å²) in [6.07, 6.45) is 1.84. The molecule has 0 unspecified atom stereocenters. The van der Waals surface area contributed by atoms with Crippen LogP contribution >= 0.6 is 0 Å². The highest BCUT2D eigenvalue weighted by molar-refractivity contribution is 5.65. The van der Waals surface area contributed by atoms with E-state index in [1.165, 1.54) is 17.5 Å². The largest absolute Gasteiger partial charge is 0.465 e. The van der Waals surface area contributed by atoms with Crippen LogP contribution in [0, 0.1) is 0 Å². The molecule has 0 aliphatic rings. The van der Waals surface area contributed by atoms with Crippen LogP contribution in [-0.2, 0) is 6.54 Å². The van der Waals surface area contributed by atoms with Crippen LogP contribution in [-0.4, -0.2) is 26.6 Å². The van der Waals surface area contributed by atoms with Crippen LogP contribution in [0.4, 0.5) is 4.79 Å². The fourth-order valence-corrected chi connectivity index (χ4v) is 1.07. The fraction of sp³-hybridized carbons (Fsp3) is 0.556. The van der Waals surface area contributed by atoms with E-state index in [0.717, 1.165) is 0 Å². The molecule has 5 heteroatoms. The average molecular weight is 198 g/mol. The maximum atomic E-state index is 10.9. The SMILES string of the molecule is CC(C)(C)N(Cc1cnco1)C(=O)O. The van der Waals surface area contributed by atoms with Crippen molar-refractivity contribution < 1.29 is 14.3 Å². The molecule has 0 aromatic carbocycles. The number of carboxylic acid groups (broad SMARTS) is 1. The second-order valence-electron chi connectivity index (χ2n) is 4.01. The maximum absolute atomic E-state index is 10.9. The molecule has 1 amide bonds. The van der Waals surface area contributed by atoms with Crippen molar-refractivity contribution in [3.8, 4) is 0 Å². The molecule has 0 atom stereocenters. The molecule has 78 valence electrons. The molecule has 0 radical (unpaired) electrons. The molecule has 0 saturated heterocycles. The van der Waals surface area contributed by atoms with Crippen molar-refractivity contribution in [2.75, 3.05) is 0 Å². The number of hydrogen-bond donors (Lipinski definition) is 1. The van der Waals surface area contributed by atoms with Gasteiger partial charge in [0.2, 0.25) is 0 Å². The van der Waals surface area contributed by atoms with E-state index >= 15 is 0 Å². The first-order valence-corrected chi connectivity index (χ1v) is 4.29. The molecule has 5 nitrogen and oxygen atoms in total. The molecule has 0 fully saturated rings. The van der Waals surface area contributed by atoms with Gasteiger partial charge in [0.15, 0.2) is 6.39 Å². The number of hydrogen-bond acceptors (Lipinski definition) is 3. The number of aromatic nitrogens is 1. The molecule has 0 bridgehead atoms. The third-order valence-electron chi connectivity index (χ3n) is 1.84. The van der Waals surface area contributed by atoms with Crippen LogP contribution in [0.15, 0.2) is 17.0 Å². The number of carbonyl (C=O) groups is 1. The topological polar surface area (TPSA) is 66.6 Å². The van der Waals surface area contributed by atoms with Crippen LogP contribution in [0.2, 0.25) is 0 Å². The van der Waals surface area contributed by atoms with E-state index in [9.17, 15) is 4.79 Å². The Morgan fingerprint density at radius 1 is 1.64 bits per heavy atom. The summed E-state index contributed by atoms with van der Waals surface area (Å²) in [7, 11) is 0. The molecule has 1 aromatic heterocycles. The number of rotatable bonds is 2. The molecular weight excluding hydrogens is 184 g/mol. The quantitative estimate of drug-likeness (QED) is 0.788. The van der Waals surface area contributed by atoms with Gasteiger partial charge in [-0.3, -0.25) is 4.90 Å². The number of amides is 1. The summed E-state index contributed by atoms with van der Waals surface area (Å²) in [4.78, 5) is 16.0. The van der Waals surface area contributed by atoms with Crippen LogP contribution in [0.5, 0.6) is 0 Å². The molecule has 1 rings (SSSR count). The summed E-state index contributed by atoms with van der Waals surface area (Å²) in [5, 5.41) is 8.97. The van der Waals surface area contributed by atoms with Crippen molar-refractivity contribution >= 4 is 6.09 Å². The zero-order chi connectivity index (χ0) is 10.8. The number of oxazole rings is 1. The summed E-state index contributed by atoms with van der Waals surface area (Å²) in [6.45, 7) is 5.71. The molecule has 0 aliphatic carbocycles. The predicted octanol–water partition coefficient (Wildman–Crippen LogP) is 1.95. The van der Waals surface area contributed by atoms with Gasteiger partial charge in [-0.1, -0.05) is 0 Å². The second-order valence-corrected chi connectivity index (χ2v) is 4.01. The van der Waals surface area contributed by atoms with Crippen molar-refractivity contribution in [2.24, 2.45) is 0 Å². The standard InChI is InChI=1S/C9H14N2O3/c1-9(2,3)11(8(12)13)5-7-4-10-6-14-7/h4,6H,5H2,1-3H3,(H,12,13). The van der Waals surface area contributed by atoms with Gasteiger partial charge in [0.25, 0.3) is 0 Å². The van der Waals surface area contributed by atoms with E-state index in [1.54, 1.807) is 0 Å². The van der Waals surface area contributed by atoms with Gasteiger partial charge in [-0.15, -0.1) is 0 Å². The van der Waals surface area contributed by atoms with E-state index in [-0.39, 0.29) is 6.54 Å². The van der Waals surface area contributed by atoms with Gasteiger partial charge in [-0.05, 0) is 20.8 Å². The molecule has 0 saturated carbocycles. The van der Waals surface area contributed by atoms with Crippen LogP contribution in [0.25, 0.3) is 0 Å². The van der Waals surface area contributed by atoms with Crippen molar-refractivity contribution in [3.05, 3.63) is 18.4 Å². The van der Waals surface area contributed by atoms with Gasteiger partial charge in [0.05, 0.1) is 12.7 Å². The fourth-order valence-electron chi connectivity index (χ4n) is 1.07. The second kappa shape index (κ2) is 3.69. The zero-order valence-corrected chi connectivity index (χ0v) is 8.52. The lowest BCUT2D eigenvalue weighted by Gasteiger charge is -2.32. The Bertz CT molecular complexity index is 300. The Hall–Kier alpha value is -1.52. The van der Waals surface area contributed by atoms with E-state index in [0.29, 0.717) is 5.76 Å². The molecule has 1 aromatic rings. The Kier molecular flexibility index (Phi) is 2.78. The lowest BCUT2D eigenvalue weighted by atomic mass is 10.1. The Labute approximate surface area is 82.4 Å². The van der Waals surface area contributed by atoms with Crippen molar-refractivity contribution in [1.82, 2.24) is 9.88 Å². The summed E-state index contributed by atoms with van der Waals surface area (Å²) < 4.78 is 4.99. The molecule has 14 heavy (non-hydrogen) atoms. The third-order valence-corrected chi connectivity index (χ3v) is 1.84. The predicted molar refractivity (Wildman–Crippen MR) is 49.8 cm³/mol. The van der Waals surface area contributed by atoms with E-state index in [1.807, 2.05) is 20.8 Å². The molecule has 1 heterocycles. The Balaban J connectivity index is 2.76. The summed E-state index contributed by atoms with van der Waals surface area (Å²) >= 11 is 0. The highest BCUT2D eigenvalue weighted by Crippen LogP contribution is 2.16. The summed E-state index contributed by atoms with van der Waals surface area (Å²) in [6, 6.07) is 0. The van der Waals surface area contributed by atoms with Crippen molar-refractivity contribution in [2.45, 2.75) is 32.9 Å². The monoisotopic (exact) mass is 198 g/mol. The third kappa shape index (κ3) is 2.48. The summed E-state index contributed by atoms with van der Waals surface area (Å²) in [5.74, 6) is 0.544. The van der Waals surface area contributed by atoms with Crippen LogP contribution < -0.4 is 0 Å². The molecule has 0 spiro atoms. The molecule has 1 N–H and O–H groups in total. The Morgan fingerprint density at radius 3 is 2.64 bits per heavy atom. The maximum Gasteiger partial charge on any atom is 0.408 e. The summed E-state index contributed by atoms with van der Waals surface area (Å²) in [5.41, 5.74) is -0.446. The highest BCUT2D eigenvalue weighted by Gasteiger charge is 2.26. The number of nitrogens with zero attached hydrogens (tertiary/aromatic N) is 2. The van der Waals surface area contributed by atoms with Gasteiger partial charge in [-0.2, -0.15) is 0 Å². The van der Waals surface area contributed by atoms with Crippen molar-refractivity contribution in [3.63, 3.8) is 0 Å². The van der Waals surface area contributed by atoms with Gasteiger partial charge in [-0.25, -0.2) is 9.78 Å². The first kappa shape index (κ1) is 10.6. The highest BCUT2D eigenvalue weighted by atomic mass is 16.4. The Morgan fingerprint density at radius 2 is 2.29 bits per heavy atom. The van der Waals surface area contributed by atoms with Crippen LogP contribution in [0.1, 0.15) is 26.5 Å². The van der Waals surface area contributed by atoms with E-state index < -0.39 is 11.6 Å². The minimum absolute atomic E-state index is 0.221. The van der Waals surface area contributed by atoms with Gasteiger partial charge in [0, 0.05) is 5.54 Å². The van der Waals surface area contributed by atoms with Gasteiger partial charge >= 0.3 is 6.09 Å². The lowest BCUT2D eigenvalue weighted by molar-refractivity contribution is 0.0907. The average Bonchev–Trinajstić information content (AvgIpc) is 2.48. The zero-order valence-electron chi connectivity index (χ0n) is 8.52. The van der Waals surface area contributed by atoms with Gasteiger partial charge in [0.1, 0.15) is 5.76 Å². The minimum atomic E-state index is -0.964. The van der Waals surface area contributed by atoms with Gasteiger partial charge < -0.3 is 9.52 Å². The minimum Gasteiger partial charge on any atom is -0.465 e. The van der Waals surface area contributed by atoms with Crippen LogP contribution in [0.3, 0.4) is 0 Å². The first-order chi connectivity index (χ1) is 6.41. The molecule has 0 aliphatic heterocycles. The smallest absolute Gasteiger partial charge is 0.408 e. The normalized spacial score (nSPS) is 11.4. The molecular formula is C9H14N2O3. The lowest BCUT2D eigenvalue weighted by Crippen LogP contribution is -2.44. The van der Waals surface area contributed by atoms with Crippen molar-refractivity contribution in [1.29, 1.82) is 0 Å².